The van der Waals surface area contributed by atoms with Crippen molar-refractivity contribution >= 4 is 5.69 Å². The number of benzene rings is 1. The second-order valence-corrected chi connectivity index (χ2v) is 4.97. The number of nitrogens with zero attached hydrogens (tertiary/aromatic N) is 1. The molecule has 2 rings (SSSR count). The average molecular weight is 236 g/mol. The summed E-state index contributed by atoms with van der Waals surface area (Å²) in [6, 6.07) is 5.49. The van der Waals surface area contributed by atoms with Crippen molar-refractivity contribution in [2.75, 3.05) is 25.5 Å². The maximum atomic E-state index is 13.1. The lowest BCUT2D eigenvalue weighted by molar-refractivity contribution is 0.194. The van der Waals surface area contributed by atoms with E-state index in [2.05, 4.69) is 17.3 Å². The zero-order valence-corrected chi connectivity index (χ0v) is 10.7. The summed E-state index contributed by atoms with van der Waals surface area (Å²) in [5.41, 5.74) is 2.02. The van der Waals surface area contributed by atoms with Crippen LogP contribution in [0.3, 0.4) is 0 Å². The number of aryl methyl sites for hydroxylation is 1. The van der Waals surface area contributed by atoms with E-state index in [0.29, 0.717) is 6.04 Å². The number of hydrogen-bond acceptors (Lipinski definition) is 2. The fraction of sp³-hybridized carbons (Fsp3) is 0.571. The summed E-state index contributed by atoms with van der Waals surface area (Å²) in [6.07, 6.45) is 3.84. The van der Waals surface area contributed by atoms with Crippen LogP contribution < -0.4 is 5.32 Å². The van der Waals surface area contributed by atoms with Gasteiger partial charge in [0, 0.05) is 18.3 Å². The van der Waals surface area contributed by atoms with Gasteiger partial charge in [0.05, 0.1) is 0 Å². The highest BCUT2D eigenvalue weighted by Crippen LogP contribution is 2.19. The average Bonchev–Trinajstić information content (AvgIpc) is 2.32. The van der Waals surface area contributed by atoms with E-state index in [1.54, 1.807) is 6.07 Å². The lowest BCUT2D eigenvalue weighted by Crippen LogP contribution is -2.40. The number of piperidine rings is 1. The fourth-order valence-corrected chi connectivity index (χ4v) is 2.41. The lowest BCUT2D eigenvalue weighted by Gasteiger charge is -2.32. The molecule has 0 radical (unpaired) electrons. The van der Waals surface area contributed by atoms with Crippen LogP contribution in [0.25, 0.3) is 0 Å². The number of anilines is 1. The number of halogens is 1. The highest BCUT2D eigenvalue weighted by atomic mass is 19.1. The van der Waals surface area contributed by atoms with Gasteiger partial charge in [0.1, 0.15) is 5.82 Å². The van der Waals surface area contributed by atoms with Gasteiger partial charge in [-0.25, -0.2) is 4.39 Å². The molecule has 3 heteroatoms. The molecule has 1 N–H and O–H groups in total. The van der Waals surface area contributed by atoms with Crippen molar-refractivity contribution in [3.05, 3.63) is 29.6 Å². The van der Waals surface area contributed by atoms with Crippen molar-refractivity contribution in [1.29, 1.82) is 0 Å². The molecule has 1 fully saturated rings. The summed E-state index contributed by atoms with van der Waals surface area (Å²) in [5.74, 6) is -0.171. The van der Waals surface area contributed by atoms with Gasteiger partial charge in [0.15, 0.2) is 0 Å². The second-order valence-electron chi connectivity index (χ2n) is 4.97. The molecular weight excluding hydrogens is 215 g/mol. The summed E-state index contributed by atoms with van der Waals surface area (Å²) >= 11 is 0. The van der Waals surface area contributed by atoms with E-state index >= 15 is 0 Å². The quantitative estimate of drug-likeness (QED) is 0.867. The standard InChI is InChI=1S/C14H21FN2/c1-11-6-7-12(15)9-14(11)16-10-13-5-3-4-8-17(13)2/h6-7,9,13,16H,3-5,8,10H2,1-2H3. The number of hydrogen-bond donors (Lipinski definition) is 1. The predicted octanol–water partition coefficient (Wildman–Crippen LogP) is 3.03. The molecule has 1 aliphatic heterocycles. The van der Waals surface area contributed by atoms with Gasteiger partial charge in [0.2, 0.25) is 0 Å². The highest BCUT2D eigenvalue weighted by molar-refractivity contribution is 5.50. The Balaban J connectivity index is 1.94. The summed E-state index contributed by atoms with van der Waals surface area (Å²) in [5, 5.41) is 3.37. The van der Waals surface area contributed by atoms with Gasteiger partial charge in [-0.15, -0.1) is 0 Å². The van der Waals surface area contributed by atoms with E-state index in [4.69, 9.17) is 0 Å². The molecule has 1 heterocycles. The van der Waals surface area contributed by atoms with Crippen LogP contribution in [0.2, 0.25) is 0 Å². The Morgan fingerprint density at radius 1 is 1.41 bits per heavy atom. The molecule has 0 saturated carbocycles. The number of rotatable bonds is 3. The van der Waals surface area contributed by atoms with E-state index in [-0.39, 0.29) is 5.82 Å². The normalized spacial score (nSPS) is 21.5. The molecular formula is C14H21FN2. The van der Waals surface area contributed by atoms with Crippen LogP contribution in [0.15, 0.2) is 18.2 Å². The van der Waals surface area contributed by atoms with Crippen LogP contribution in [0, 0.1) is 12.7 Å². The van der Waals surface area contributed by atoms with Gasteiger partial charge in [-0.1, -0.05) is 12.5 Å². The summed E-state index contributed by atoms with van der Waals surface area (Å²) in [7, 11) is 2.17. The van der Waals surface area contributed by atoms with Gasteiger partial charge in [0.25, 0.3) is 0 Å². The van der Waals surface area contributed by atoms with Crippen LogP contribution in [0.1, 0.15) is 24.8 Å². The SMILES string of the molecule is Cc1ccc(F)cc1NCC1CCCCN1C. The first-order chi connectivity index (χ1) is 8.16. The topological polar surface area (TPSA) is 15.3 Å². The third kappa shape index (κ3) is 3.19. The fourth-order valence-electron chi connectivity index (χ4n) is 2.41. The molecule has 1 unspecified atom stereocenters. The largest absolute Gasteiger partial charge is 0.383 e. The van der Waals surface area contributed by atoms with Crippen molar-refractivity contribution in [2.45, 2.75) is 32.2 Å². The Hall–Kier alpha value is -1.09. The van der Waals surface area contributed by atoms with E-state index in [1.165, 1.54) is 31.9 Å². The molecule has 2 nitrogen and oxygen atoms in total. The van der Waals surface area contributed by atoms with E-state index in [1.807, 2.05) is 13.0 Å². The molecule has 1 aromatic rings. The van der Waals surface area contributed by atoms with Crippen LogP contribution in [-0.4, -0.2) is 31.1 Å². The Labute approximate surface area is 103 Å². The summed E-state index contributed by atoms with van der Waals surface area (Å²) in [6.45, 7) is 4.08. The van der Waals surface area contributed by atoms with Crippen LogP contribution in [-0.2, 0) is 0 Å². The number of likely N-dealkylation sites (tertiary alicyclic amines) is 1. The Morgan fingerprint density at radius 2 is 2.24 bits per heavy atom. The molecule has 1 aliphatic rings. The monoisotopic (exact) mass is 236 g/mol. The summed E-state index contributed by atoms with van der Waals surface area (Å²) in [4.78, 5) is 2.39. The molecule has 0 amide bonds. The number of likely N-dealkylation sites (N-methyl/N-ethyl adjacent to an activating group) is 1. The third-order valence-corrected chi connectivity index (χ3v) is 3.65. The van der Waals surface area contributed by atoms with Crippen molar-refractivity contribution in [3.63, 3.8) is 0 Å². The molecule has 0 aliphatic carbocycles. The van der Waals surface area contributed by atoms with Crippen molar-refractivity contribution in [2.24, 2.45) is 0 Å². The van der Waals surface area contributed by atoms with Crippen molar-refractivity contribution in [1.82, 2.24) is 4.90 Å². The minimum atomic E-state index is -0.171. The second kappa shape index (κ2) is 5.50. The third-order valence-electron chi connectivity index (χ3n) is 3.65. The van der Waals surface area contributed by atoms with Gasteiger partial charge in [-0.2, -0.15) is 0 Å². The van der Waals surface area contributed by atoms with Gasteiger partial charge in [-0.3, -0.25) is 0 Å². The van der Waals surface area contributed by atoms with Crippen molar-refractivity contribution in [3.8, 4) is 0 Å². The van der Waals surface area contributed by atoms with Crippen LogP contribution in [0.4, 0.5) is 10.1 Å². The van der Waals surface area contributed by atoms with E-state index in [0.717, 1.165) is 17.8 Å². The lowest BCUT2D eigenvalue weighted by atomic mass is 10.0. The highest BCUT2D eigenvalue weighted by Gasteiger charge is 2.18. The van der Waals surface area contributed by atoms with Gasteiger partial charge in [-0.05, 0) is 51.1 Å². The molecule has 1 atom stereocenters. The van der Waals surface area contributed by atoms with Gasteiger partial charge < -0.3 is 10.2 Å². The Morgan fingerprint density at radius 3 is 3.00 bits per heavy atom. The van der Waals surface area contributed by atoms with E-state index < -0.39 is 0 Å². The zero-order chi connectivity index (χ0) is 12.3. The number of nitrogens with one attached hydrogen (secondary N) is 1. The van der Waals surface area contributed by atoms with Crippen LogP contribution >= 0.6 is 0 Å². The van der Waals surface area contributed by atoms with E-state index in [9.17, 15) is 4.39 Å². The Kier molecular flexibility index (Phi) is 4.00. The molecule has 0 aromatic heterocycles. The van der Waals surface area contributed by atoms with Gasteiger partial charge >= 0.3 is 0 Å². The van der Waals surface area contributed by atoms with Crippen LogP contribution in [0.5, 0.6) is 0 Å². The predicted molar refractivity (Wildman–Crippen MR) is 69.9 cm³/mol. The first-order valence-electron chi connectivity index (χ1n) is 6.37. The first-order valence-corrected chi connectivity index (χ1v) is 6.37. The molecule has 94 valence electrons. The first kappa shape index (κ1) is 12.4. The van der Waals surface area contributed by atoms with Crippen molar-refractivity contribution < 1.29 is 4.39 Å². The maximum Gasteiger partial charge on any atom is 0.125 e. The molecule has 0 spiro atoms. The summed E-state index contributed by atoms with van der Waals surface area (Å²) < 4.78 is 13.1. The molecule has 17 heavy (non-hydrogen) atoms. The maximum absolute atomic E-state index is 13.1. The minimum absolute atomic E-state index is 0.171. The molecule has 1 aromatic carbocycles. The zero-order valence-electron chi connectivity index (χ0n) is 10.7. The molecule has 1 saturated heterocycles. The molecule has 0 bridgehead atoms. The smallest absolute Gasteiger partial charge is 0.125 e. The minimum Gasteiger partial charge on any atom is -0.383 e. The Bertz CT molecular complexity index is 378.